The predicted molar refractivity (Wildman–Crippen MR) is 112 cm³/mol. The Morgan fingerprint density at radius 2 is 1.79 bits per heavy atom. The van der Waals surface area contributed by atoms with Crippen molar-refractivity contribution in [2.45, 2.75) is 23.8 Å². The number of benzene rings is 2. The summed E-state index contributed by atoms with van der Waals surface area (Å²) in [6.45, 7) is 0.322. The topological polar surface area (TPSA) is 75.3 Å². The fourth-order valence-electron chi connectivity index (χ4n) is 2.45. The molecule has 5 nitrogen and oxygen atoms in total. The van der Waals surface area contributed by atoms with Crippen LogP contribution < -0.4 is 10.0 Å². The van der Waals surface area contributed by atoms with Gasteiger partial charge in [0.25, 0.3) is 0 Å². The third kappa shape index (κ3) is 7.09. The lowest BCUT2D eigenvalue weighted by Crippen LogP contribution is -2.47. The smallest absolute Gasteiger partial charge is 0.241 e. The molecule has 0 aromatic heterocycles. The average Bonchev–Trinajstić information content (AvgIpc) is 2.67. The van der Waals surface area contributed by atoms with E-state index in [-0.39, 0.29) is 10.7 Å². The van der Waals surface area contributed by atoms with Crippen molar-refractivity contribution in [3.8, 4) is 0 Å². The lowest BCUT2D eigenvalue weighted by Gasteiger charge is -2.18. The van der Waals surface area contributed by atoms with Gasteiger partial charge in [0.05, 0.1) is 4.90 Å². The molecule has 0 bridgehead atoms. The van der Waals surface area contributed by atoms with Crippen LogP contribution in [0.2, 0.25) is 5.02 Å². The lowest BCUT2D eigenvalue weighted by molar-refractivity contribution is -0.122. The zero-order valence-electron chi connectivity index (χ0n) is 15.3. The molecule has 152 valence electrons. The van der Waals surface area contributed by atoms with Gasteiger partial charge in [0.2, 0.25) is 15.9 Å². The van der Waals surface area contributed by atoms with Crippen molar-refractivity contribution in [3.05, 3.63) is 64.9 Å². The molecule has 0 aliphatic heterocycles. The predicted octanol–water partition coefficient (Wildman–Crippen LogP) is 3.24. The van der Waals surface area contributed by atoms with E-state index in [1.54, 1.807) is 12.1 Å². The SMILES string of the molecule is CSCCC(NS(=O)(=O)c1ccc(Cl)cc1)C(=O)NCCc1ccc(F)cc1. The maximum absolute atomic E-state index is 12.9. The summed E-state index contributed by atoms with van der Waals surface area (Å²) in [6, 6.07) is 10.9. The number of amides is 1. The van der Waals surface area contributed by atoms with Crippen molar-refractivity contribution in [2.24, 2.45) is 0 Å². The van der Waals surface area contributed by atoms with Gasteiger partial charge >= 0.3 is 0 Å². The van der Waals surface area contributed by atoms with E-state index in [9.17, 15) is 17.6 Å². The molecule has 28 heavy (non-hydrogen) atoms. The highest BCUT2D eigenvalue weighted by Crippen LogP contribution is 2.15. The Labute approximate surface area is 174 Å². The number of hydrogen-bond donors (Lipinski definition) is 2. The fourth-order valence-corrected chi connectivity index (χ4v) is 4.28. The van der Waals surface area contributed by atoms with Crippen LogP contribution in [0.3, 0.4) is 0 Å². The van der Waals surface area contributed by atoms with Gasteiger partial charge in [0.15, 0.2) is 0 Å². The maximum Gasteiger partial charge on any atom is 0.241 e. The number of rotatable bonds is 10. The van der Waals surface area contributed by atoms with Crippen molar-refractivity contribution in [1.29, 1.82) is 0 Å². The van der Waals surface area contributed by atoms with E-state index in [1.807, 2.05) is 6.26 Å². The number of carbonyl (C=O) groups is 1. The van der Waals surface area contributed by atoms with Crippen LogP contribution in [-0.2, 0) is 21.2 Å². The quantitative estimate of drug-likeness (QED) is 0.590. The van der Waals surface area contributed by atoms with Crippen molar-refractivity contribution in [3.63, 3.8) is 0 Å². The van der Waals surface area contributed by atoms with E-state index < -0.39 is 22.0 Å². The molecular weight excluding hydrogens is 423 g/mol. The molecule has 0 radical (unpaired) electrons. The monoisotopic (exact) mass is 444 g/mol. The molecule has 0 saturated heterocycles. The van der Waals surface area contributed by atoms with Gasteiger partial charge in [-0.05, 0) is 66.8 Å². The van der Waals surface area contributed by atoms with Crippen molar-refractivity contribution in [1.82, 2.24) is 10.0 Å². The highest BCUT2D eigenvalue weighted by molar-refractivity contribution is 7.98. The van der Waals surface area contributed by atoms with E-state index in [0.717, 1.165) is 5.56 Å². The first kappa shape index (κ1) is 22.7. The standard InChI is InChI=1S/C19H22ClFN2O3S2/c1-27-13-11-18(23-28(25,26)17-8-4-15(20)5-9-17)19(24)22-12-10-14-2-6-16(21)7-3-14/h2-9,18,23H,10-13H2,1H3,(H,22,24). The Bertz CT molecular complexity index is 875. The second-order valence-electron chi connectivity index (χ2n) is 6.08. The van der Waals surface area contributed by atoms with E-state index in [1.165, 1.54) is 48.2 Å². The van der Waals surface area contributed by atoms with Gasteiger partial charge in [-0.25, -0.2) is 12.8 Å². The van der Waals surface area contributed by atoms with E-state index >= 15 is 0 Å². The zero-order valence-corrected chi connectivity index (χ0v) is 17.7. The minimum Gasteiger partial charge on any atom is -0.354 e. The van der Waals surface area contributed by atoms with Crippen LogP contribution in [0.4, 0.5) is 4.39 Å². The molecule has 9 heteroatoms. The van der Waals surface area contributed by atoms with Crippen molar-refractivity contribution >= 4 is 39.3 Å². The number of carbonyl (C=O) groups excluding carboxylic acids is 1. The van der Waals surface area contributed by atoms with Gasteiger partial charge in [-0.3, -0.25) is 4.79 Å². The minimum absolute atomic E-state index is 0.0464. The normalized spacial score (nSPS) is 12.5. The third-order valence-electron chi connectivity index (χ3n) is 3.97. The number of nitrogens with one attached hydrogen (secondary N) is 2. The van der Waals surface area contributed by atoms with Gasteiger partial charge in [-0.2, -0.15) is 16.5 Å². The Kier molecular flexibility index (Phi) is 8.75. The molecule has 2 N–H and O–H groups in total. The molecule has 1 atom stereocenters. The number of sulfonamides is 1. The summed E-state index contributed by atoms with van der Waals surface area (Å²) >= 11 is 7.33. The molecular formula is C19H22ClFN2O3S2. The van der Waals surface area contributed by atoms with Crippen LogP contribution in [0.1, 0.15) is 12.0 Å². The Morgan fingerprint density at radius 1 is 1.14 bits per heavy atom. The zero-order chi connectivity index (χ0) is 20.6. The Morgan fingerprint density at radius 3 is 2.39 bits per heavy atom. The highest BCUT2D eigenvalue weighted by Gasteiger charge is 2.25. The first-order chi connectivity index (χ1) is 13.3. The molecule has 0 aliphatic carbocycles. The number of halogens is 2. The molecule has 0 spiro atoms. The Balaban J connectivity index is 1.99. The van der Waals surface area contributed by atoms with Crippen molar-refractivity contribution in [2.75, 3.05) is 18.6 Å². The van der Waals surface area contributed by atoms with Gasteiger partial charge < -0.3 is 5.32 Å². The molecule has 1 amide bonds. The Hall–Kier alpha value is -1.61. The highest BCUT2D eigenvalue weighted by atomic mass is 35.5. The summed E-state index contributed by atoms with van der Waals surface area (Å²) in [6.07, 6.45) is 2.76. The lowest BCUT2D eigenvalue weighted by atomic mass is 10.1. The molecule has 1 unspecified atom stereocenters. The summed E-state index contributed by atoms with van der Waals surface area (Å²) in [5.74, 6) is -0.0886. The van der Waals surface area contributed by atoms with Crippen molar-refractivity contribution < 1.29 is 17.6 Å². The van der Waals surface area contributed by atoms with E-state index in [2.05, 4.69) is 10.0 Å². The molecule has 2 aromatic carbocycles. The van der Waals surface area contributed by atoms with Crippen LogP contribution in [0.5, 0.6) is 0 Å². The molecule has 2 rings (SSSR count). The molecule has 2 aromatic rings. The summed E-state index contributed by atoms with van der Waals surface area (Å²) in [5.41, 5.74) is 0.879. The average molecular weight is 445 g/mol. The van der Waals surface area contributed by atoms with Gasteiger partial charge in [-0.15, -0.1) is 0 Å². The first-order valence-corrected chi connectivity index (χ1v) is 11.9. The van der Waals surface area contributed by atoms with Gasteiger partial charge in [0.1, 0.15) is 11.9 Å². The van der Waals surface area contributed by atoms with Crippen LogP contribution in [0, 0.1) is 5.82 Å². The van der Waals surface area contributed by atoms with Crippen LogP contribution in [-0.4, -0.2) is 38.9 Å². The van der Waals surface area contributed by atoms with Crippen LogP contribution >= 0.6 is 23.4 Å². The number of thioether (sulfide) groups is 1. The third-order valence-corrected chi connectivity index (χ3v) is 6.36. The largest absolute Gasteiger partial charge is 0.354 e. The first-order valence-electron chi connectivity index (χ1n) is 8.61. The second-order valence-corrected chi connectivity index (χ2v) is 9.21. The summed E-state index contributed by atoms with van der Waals surface area (Å²) < 4.78 is 40.6. The summed E-state index contributed by atoms with van der Waals surface area (Å²) in [5, 5.41) is 3.18. The maximum atomic E-state index is 12.9. The van der Waals surface area contributed by atoms with Crippen LogP contribution in [0.15, 0.2) is 53.4 Å². The second kappa shape index (κ2) is 10.8. The number of hydrogen-bond acceptors (Lipinski definition) is 4. The van der Waals surface area contributed by atoms with Gasteiger partial charge in [0, 0.05) is 11.6 Å². The fraction of sp³-hybridized carbons (Fsp3) is 0.316. The summed E-state index contributed by atoms with van der Waals surface area (Å²) in [7, 11) is -3.85. The molecule has 0 aliphatic rings. The molecule has 0 saturated carbocycles. The minimum atomic E-state index is -3.85. The molecule has 0 heterocycles. The molecule has 0 fully saturated rings. The summed E-state index contributed by atoms with van der Waals surface area (Å²) in [4.78, 5) is 12.6. The van der Waals surface area contributed by atoms with E-state index in [0.29, 0.717) is 30.2 Å². The van der Waals surface area contributed by atoms with E-state index in [4.69, 9.17) is 11.6 Å². The van der Waals surface area contributed by atoms with Gasteiger partial charge in [-0.1, -0.05) is 23.7 Å². The van der Waals surface area contributed by atoms with Crippen LogP contribution in [0.25, 0.3) is 0 Å².